The second-order valence-electron chi connectivity index (χ2n) is 3.92. The number of carbonyl (C=O) groups excluding carboxylic acids is 1. The van der Waals surface area contributed by atoms with Crippen LogP contribution in [0.5, 0.6) is 0 Å². The van der Waals surface area contributed by atoms with Crippen molar-refractivity contribution < 1.29 is 4.79 Å². The number of nitrogens with zero attached hydrogens (tertiary/aromatic N) is 1. The summed E-state index contributed by atoms with van der Waals surface area (Å²) < 4.78 is 0.850. The maximum atomic E-state index is 11.8. The molecule has 1 atom stereocenters. The van der Waals surface area contributed by atoms with Gasteiger partial charge in [0, 0.05) is 23.3 Å². The van der Waals surface area contributed by atoms with E-state index < -0.39 is 0 Å². The van der Waals surface area contributed by atoms with Crippen LogP contribution < -0.4 is 11.1 Å². The second-order valence-corrected chi connectivity index (χ2v) is 4.84. The second kappa shape index (κ2) is 5.96. The summed E-state index contributed by atoms with van der Waals surface area (Å²) in [6.07, 6.45) is 1.60. The Morgan fingerprint density at radius 2 is 2.25 bits per heavy atom. The van der Waals surface area contributed by atoms with Crippen LogP contribution in [0.2, 0.25) is 0 Å². The number of hydrogen-bond donors (Lipinski definition) is 2. The molecule has 3 N–H and O–H groups in total. The number of rotatable bonds is 4. The molecule has 0 spiro atoms. The number of aromatic nitrogens is 1. The number of pyridine rings is 1. The molecule has 0 aliphatic carbocycles. The van der Waals surface area contributed by atoms with Crippen LogP contribution in [0.15, 0.2) is 22.8 Å². The van der Waals surface area contributed by atoms with Gasteiger partial charge >= 0.3 is 0 Å². The largest absolute Gasteiger partial charge is 0.346 e. The molecular weight excluding hydrogens is 270 g/mol. The van der Waals surface area contributed by atoms with E-state index in [9.17, 15) is 4.79 Å². The van der Waals surface area contributed by atoms with E-state index >= 15 is 0 Å². The smallest absolute Gasteiger partial charge is 0.270 e. The van der Waals surface area contributed by atoms with Gasteiger partial charge in [0.15, 0.2) is 0 Å². The van der Waals surface area contributed by atoms with Crippen molar-refractivity contribution in [2.45, 2.75) is 19.9 Å². The Morgan fingerprint density at radius 3 is 2.69 bits per heavy atom. The number of nitrogens with two attached hydrogens (primary N) is 1. The molecule has 1 amide bonds. The summed E-state index contributed by atoms with van der Waals surface area (Å²) >= 11 is 3.27. The predicted octanol–water partition coefficient (Wildman–Crippen LogP) is 1.56. The third-order valence-electron chi connectivity index (χ3n) is 2.34. The van der Waals surface area contributed by atoms with Gasteiger partial charge in [-0.25, -0.2) is 4.98 Å². The highest BCUT2D eigenvalue weighted by molar-refractivity contribution is 9.10. The summed E-state index contributed by atoms with van der Waals surface area (Å²) in [7, 11) is 0. The summed E-state index contributed by atoms with van der Waals surface area (Å²) in [5.74, 6) is 0.126. The molecule has 1 unspecified atom stereocenters. The molecule has 0 aliphatic rings. The highest BCUT2D eigenvalue weighted by Crippen LogP contribution is 2.08. The minimum atomic E-state index is -0.184. The summed E-state index contributed by atoms with van der Waals surface area (Å²) in [4.78, 5) is 15.8. The topological polar surface area (TPSA) is 68.0 Å². The number of hydrogen-bond acceptors (Lipinski definition) is 3. The van der Waals surface area contributed by atoms with E-state index in [0.717, 1.165) is 4.47 Å². The zero-order valence-electron chi connectivity index (χ0n) is 9.40. The van der Waals surface area contributed by atoms with Gasteiger partial charge in [0.1, 0.15) is 5.69 Å². The molecular formula is C11H16BrN3O. The Morgan fingerprint density at radius 1 is 1.56 bits per heavy atom. The SMILES string of the molecule is CC(C)C(CN)NC(=O)c1ccc(Br)cn1. The van der Waals surface area contributed by atoms with Crippen molar-refractivity contribution in [1.29, 1.82) is 0 Å². The fourth-order valence-corrected chi connectivity index (χ4v) is 1.48. The van der Waals surface area contributed by atoms with Crippen molar-refractivity contribution in [2.24, 2.45) is 11.7 Å². The molecule has 1 rings (SSSR count). The molecule has 1 aromatic rings. The van der Waals surface area contributed by atoms with Crippen molar-refractivity contribution in [3.63, 3.8) is 0 Å². The first-order valence-electron chi connectivity index (χ1n) is 5.17. The molecule has 1 aromatic heterocycles. The first-order chi connectivity index (χ1) is 7.54. The Balaban J connectivity index is 2.68. The number of nitrogens with one attached hydrogen (secondary N) is 1. The van der Waals surface area contributed by atoms with E-state index in [4.69, 9.17) is 5.73 Å². The highest BCUT2D eigenvalue weighted by Gasteiger charge is 2.15. The molecule has 0 saturated carbocycles. The normalized spacial score (nSPS) is 12.6. The van der Waals surface area contributed by atoms with Gasteiger partial charge in [-0.05, 0) is 34.0 Å². The zero-order chi connectivity index (χ0) is 12.1. The van der Waals surface area contributed by atoms with Crippen molar-refractivity contribution in [2.75, 3.05) is 6.54 Å². The zero-order valence-corrected chi connectivity index (χ0v) is 11.0. The standard InChI is InChI=1S/C11H16BrN3O/c1-7(2)10(5-13)15-11(16)9-4-3-8(12)6-14-9/h3-4,6-7,10H,5,13H2,1-2H3,(H,15,16). The lowest BCUT2D eigenvalue weighted by atomic mass is 10.0. The van der Waals surface area contributed by atoms with E-state index in [1.165, 1.54) is 0 Å². The van der Waals surface area contributed by atoms with Crippen LogP contribution in [0, 0.1) is 5.92 Å². The molecule has 4 nitrogen and oxygen atoms in total. The summed E-state index contributed by atoms with van der Waals surface area (Å²) in [6, 6.07) is 3.44. The van der Waals surface area contributed by atoms with Gasteiger partial charge in [-0.3, -0.25) is 4.79 Å². The third-order valence-corrected chi connectivity index (χ3v) is 2.80. The lowest BCUT2D eigenvalue weighted by Gasteiger charge is -2.20. The van der Waals surface area contributed by atoms with E-state index in [2.05, 4.69) is 26.2 Å². The number of amides is 1. The molecule has 16 heavy (non-hydrogen) atoms. The monoisotopic (exact) mass is 285 g/mol. The van der Waals surface area contributed by atoms with Crippen LogP contribution >= 0.6 is 15.9 Å². The molecule has 0 bridgehead atoms. The van der Waals surface area contributed by atoms with E-state index in [-0.39, 0.29) is 11.9 Å². The minimum absolute atomic E-state index is 0.0158. The molecule has 1 heterocycles. The van der Waals surface area contributed by atoms with Gasteiger partial charge in [-0.1, -0.05) is 13.8 Å². The van der Waals surface area contributed by atoms with Gasteiger partial charge < -0.3 is 11.1 Å². The predicted molar refractivity (Wildman–Crippen MR) is 67.1 cm³/mol. The maximum Gasteiger partial charge on any atom is 0.270 e. The quantitative estimate of drug-likeness (QED) is 0.882. The number of halogens is 1. The van der Waals surface area contributed by atoms with Crippen LogP contribution in [0.4, 0.5) is 0 Å². The highest BCUT2D eigenvalue weighted by atomic mass is 79.9. The Labute approximate surface area is 104 Å². The van der Waals surface area contributed by atoms with Crippen molar-refractivity contribution in [1.82, 2.24) is 10.3 Å². The average Bonchev–Trinajstić information content (AvgIpc) is 2.26. The Hall–Kier alpha value is -0.940. The number of carbonyl (C=O) groups is 1. The first-order valence-corrected chi connectivity index (χ1v) is 5.96. The summed E-state index contributed by atoms with van der Waals surface area (Å²) in [6.45, 7) is 4.47. The third kappa shape index (κ3) is 3.57. The van der Waals surface area contributed by atoms with Crippen LogP contribution in [-0.2, 0) is 0 Å². The summed E-state index contributed by atoms with van der Waals surface area (Å²) in [5, 5.41) is 2.86. The molecule has 5 heteroatoms. The van der Waals surface area contributed by atoms with Crippen LogP contribution in [-0.4, -0.2) is 23.5 Å². The molecule has 0 aliphatic heterocycles. The Kier molecular flexibility index (Phi) is 4.89. The minimum Gasteiger partial charge on any atom is -0.346 e. The maximum absolute atomic E-state index is 11.8. The van der Waals surface area contributed by atoms with Crippen LogP contribution in [0.3, 0.4) is 0 Å². The lowest BCUT2D eigenvalue weighted by Crippen LogP contribution is -2.43. The van der Waals surface area contributed by atoms with Gasteiger partial charge in [-0.2, -0.15) is 0 Å². The van der Waals surface area contributed by atoms with Gasteiger partial charge in [-0.15, -0.1) is 0 Å². The van der Waals surface area contributed by atoms with Crippen molar-refractivity contribution in [3.05, 3.63) is 28.5 Å². The van der Waals surface area contributed by atoms with Gasteiger partial charge in [0.2, 0.25) is 0 Å². The van der Waals surface area contributed by atoms with Gasteiger partial charge in [0.25, 0.3) is 5.91 Å². The van der Waals surface area contributed by atoms with Crippen LogP contribution in [0.25, 0.3) is 0 Å². The van der Waals surface area contributed by atoms with Crippen molar-refractivity contribution in [3.8, 4) is 0 Å². The fraction of sp³-hybridized carbons (Fsp3) is 0.455. The summed E-state index contributed by atoms with van der Waals surface area (Å²) in [5.41, 5.74) is 5.99. The van der Waals surface area contributed by atoms with Crippen LogP contribution in [0.1, 0.15) is 24.3 Å². The first kappa shape index (κ1) is 13.1. The van der Waals surface area contributed by atoms with E-state index in [1.807, 2.05) is 13.8 Å². The van der Waals surface area contributed by atoms with E-state index in [0.29, 0.717) is 18.2 Å². The van der Waals surface area contributed by atoms with Crippen molar-refractivity contribution >= 4 is 21.8 Å². The van der Waals surface area contributed by atoms with Gasteiger partial charge in [0.05, 0.1) is 0 Å². The fourth-order valence-electron chi connectivity index (χ4n) is 1.25. The Bertz CT molecular complexity index is 351. The molecule has 0 fully saturated rings. The van der Waals surface area contributed by atoms with E-state index in [1.54, 1.807) is 18.3 Å². The lowest BCUT2D eigenvalue weighted by molar-refractivity contribution is 0.0922. The molecule has 88 valence electrons. The molecule has 0 saturated heterocycles. The molecule has 0 aromatic carbocycles. The average molecular weight is 286 g/mol. The molecule has 0 radical (unpaired) electrons.